The van der Waals surface area contributed by atoms with Gasteiger partial charge in [0.2, 0.25) is 0 Å². The lowest BCUT2D eigenvalue weighted by molar-refractivity contribution is 0.0505. The number of esters is 1. The van der Waals surface area contributed by atoms with Crippen LogP contribution in [0, 0.1) is 11.3 Å². The second-order valence-corrected chi connectivity index (χ2v) is 6.25. The Kier molecular flexibility index (Phi) is 4.80. The molecule has 0 amide bonds. The number of nitriles is 1. The van der Waals surface area contributed by atoms with E-state index in [1.54, 1.807) is 22.9 Å². The third-order valence-corrected chi connectivity index (χ3v) is 3.25. The second-order valence-electron chi connectivity index (χ2n) is 6.25. The van der Waals surface area contributed by atoms with Gasteiger partial charge in [-0.1, -0.05) is 39.0 Å². The lowest BCUT2D eigenvalue weighted by Crippen LogP contribution is -2.19. The zero-order valence-electron chi connectivity index (χ0n) is 13.8. The summed E-state index contributed by atoms with van der Waals surface area (Å²) in [7, 11) is 0. The first-order chi connectivity index (χ1) is 10.9. The van der Waals surface area contributed by atoms with E-state index in [1.807, 2.05) is 33.8 Å². The third kappa shape index (κ3) is 3.57. The van der Waals surface area contributed by atoms with Gasteiger partial charge in [-0.25, -0.2) is 9.48 Å². The predicted molar refractivity (Wildman–Crippen MR) is 85.3 cm³/mol. The van der Waals surface area contributed by atoms with Crippen LogP contribution in [0.4, 0.5) is 0 Å². The van der Waals surface area contributed by atoms with Crippen molar-refractivity contribution in [2.24, 2.45) is 0 Å². The number of hydrogen-bond donors (Lipinski definition) is 0. The van der Waals surface area contributed by atoms with Gasteiger partial charge in [0.25, 0.3) is 0 Å². The molecule has 0 bridgehead atoms. The summed E-state index contributed by atoms with van der Waals surface area (Å²) >= 11 is 0. The Balaban J connectivity index is 2.47. The lowest BCUT2D eigenvalue weighted by Gasteiger charge is -2.20. The van der Waals surface area contributed by atoms with Crippen molar-refractivity contribution in [2.45, 2.75) is 39.5 Å². The van der Waals surface area contributed by atoms with Gasteiger partial charge >= 0.3 is 5.97 Å². The molecule has 0 radical (unpaired) electrons. The summed E-state index contributed by atoms with van der Waals surface area (Å²) in [5.41, 5.74) is 1.81. The van der Waals surface area contributed by atoms with Crippen LogP contribution in [0.1, 0.15) is 55.9 Å². The molecule has 0 N–H and O–H groups in total. The van der Waals surface area contributed by atoms with Gasteiger partial charge in [0.05, 0.1) is 23.6 Å². The number of carbonyl (C=O) groups is 1. The average molecular weight is 312 g/mol. The van der Waals surface area contributed by atoms with E-state index in [2.05, 4.69) is 16.4 Å². The molecule has 6 heteroatoms. The van der Waals surface area contributed by atoms with Gasteiger partial charge < -0.3 is 4.74 Å². The first-order valence-corrected chi connectivity index (χ1v) is 7.52. The molecule has 0 aliphatic rings. The highest BCUT2D eigenvalue weighted by atomic mass is 16.5. The predicted octanol–water partition coefficient (Wildman–Crippen LogP) is 3.00. The van der Waals surface area contributed by atoms with E-state index in [0.717, 1.165) is 6.42 Å². The SMILES string of the molecule is CCCOC(=O)c1cccc(-n2nnc(C#N)c2C(C)(C)C)c1. The van der Waals surface area contributed by atoms with Gasteiger partial charge in [-0.05, 0) is 24.6 Å². The summed E-state index contributed by atoms with van der Waals surface area (Å²) in [6, 6.07) is 9.05. The molecule has 1 heterocycles. The van der Waals surface area contributed by atoms with Crippen LogP contribution in [-0.2, 0) is 10.2 Å². The zero-order valence-corrected chi connectivity index (χ0v) is 13.8. The quantitative estimate of drug-likeness (QED) is 0.811. The minimum absolute atomic E-state index is 0.288. The molecule has 0 aliphatic carbocycles. The Morgan fingerprint density at radius 3 is 2.74 bits per heavy atom. The summed E-state index contributed by atoms with van der Waals surface area (Å²) in [5.74, 6) is -0.369. The van der Waals surface area contributed by atoms with Crippen molar-refractivity contribution in [1.82, 2.24) is 15.0 Å². The summed E-state index contributed by atoms with van der Waals surface area (Å²) < 4.78 is 6.76. The lowest BCUT2D eigenvalue weighted by atomic mass is 9.90. The molecule has 0 atom stereocenters. The Bertz CT molecular complexity index is 751. The van der Waals surface area contributed by atoms with Crippen molar-refractivity contribution >= 4 is 5.97 Å². The molecule has 0 fully saturated rings. The summed E-state index contributed by atoms with van der Waals surface area (Å²) in [4.78, 5) is 12.0. The van der Waals surface area contributed by atoms with Crippen molar-refractivity contribution in [3.05, 3.63) is 41.2 Å². The van der Waals surface area contributed by atoms with Crippen LogP contribution in [0.3, 0.4) is 0 Å². The van der Waals surface area contributed by atoms with Crippen LogP contribution >= 0.6 is 0 Å². The van der Waals surface area contributed by atoms with Gasteiger partial charge in [-0.3, -0.25) is 0 Å². The molecule has 0 aliphatic heterocycles. The first-order valence-electron chi connectivity index (χ1n) is 7.52. The third-order valence-electron chi connectivity index (χ3n) is 3.25. The molecule has 6 nitrogen and oxygen atoms in total. The maximum atomic E-state index is 12.0. The molecule has 0 saturated heterocycles. The molecule has 1 aromatic carbocycles. The largest absolute Gasteiger partial charge is 0.462 e. The van der Waals surface area contributed by atoms with Crippen LogP contribution in [-0.4, -0.2) is 27.6 Å². The van der Waals surface area contributed by atoms with Crippen LogP contribution in [0.15, 0.2) is 24.3 Å². The molecule has 2 aromatic rings. The van der Waals surface area contributed by atoms with E-state index in [1.165, 1.54) is 0 Å². The Labute approximate surface area is 135 Å². The fourth-order valence-corrected chi connectivity index (χ4v) is 2.25. The van der Waals surface area contributed by atoms with E-state index >= 15 is 0 Å². The van der Waals surface area contributed by atoms with E-state index in [-0.39, 0.29) is 17.1 Å². The van der Waals surface area contributed by atoms with Crippen molar-refractivity contribution in [3.8, 4) is 11.8 Å². The fraction of sp³-hybridized carbons (Fsp3) is 0.412. The van der Waals surface area contributed by atoms with Crippen LogP contribution < -0.4 is 0 Å². The summed E-state index contributed by atoms with van der Waals surface area (Å²) in [5, 5.41) is 17.3. The van der Waals surface area contributed by atoms with Gasteiger partial charge in [0, 0.05) is 5.41 Å². The standard InChI is InChI=1S/C17H20N4O2/c1-5-9-23-16(22)12-7-6-8-13(10-12)21-15(17(2,3)4)14(11-18)19-20-21/h6-8,10H,5,9H2,1-4H3. The minimum atomic E-state index is -0.369. The topological polar surface area (TPSA) is 80.8 Å². The Morgan fingerprint density at radius 1 is 1.39 bits per heavy atom. The Hall–Kier alpha value is -2.68. The summed E-state index contributed by atoms with van der Waals surface area (Å²) in [6.07, 6.45) is 0.772. The molecule has 0 unspecified atom stereocenters. The number of carbonyl (C=O) groups excluding carboxylic acids is 1. The highest BCUT2D eigenvalue weighted by molar-refractivity contribution is 5.90. The molecule has 2 rings (SSSR count). The van der Waals surface area contributed by atoms with Crippen molar-refractivity contribution < 1.29 is 9.53 Å². The van der Waals surface area contributed by atoms with Crippen molar-refractivity contribution in [3.63, 3.8) is 0 Å². The molecule has 120 valence electrons. The molecule has 0 spiro atoms. The minimum Gasteiger partial charge on any atom is -0.462 e. The average Bonchev–Trinajstić information content (AvgIpc) is 2.97. The second kappa shape index (κ2) is 6.61. The normalized spacial score (nSPS) is 11.1. The number of ether oxygens (including phenoxy) is 1. The number of nitrogens with zero attached hydrogens (tertiary/aromatic N) is 4. The van der Waals surface area contributed by atoms with E-state index < -0.39 is 0 Å². The van der Waals surface area contributed by atoms with Gasteiger partial charge in [0.15, 0.2) is 5.69 Å². The highest BCUT2D eigenvalue weighted by Crippen LogP contribution is 2.27. The highest BCUT2D eigenvalue weighted by Gasteiger charge is 2.26. The van der Waals surface area contributed by atoms with Gasteiger partial charge in [-0.2, -0.15) is 5.26 Å². The number of rotatable bonds is 4. The molecule has 0 saturated carbocycles. The van der Waals surface area contributed by atoms with Gasteiger partial charge in [-0.15, -0.1) is 5.10 Å². The molecular weight excluding hydrogens is 292 g/mol. The maximum Gasteiger partial charge on any atom is 0.338 e. The van der Waals surface area contributed by atoms with E-state index in [4.69, 9.17) is 4.74 Å². The monoisotopic (exact) mass is 312 g/mol. The van der Waals surface area contributed by atoms with Crippen molar-refractivity contribution in [1.29, 1.82) is 5.26 Å². The zero-order chi connectivity index (χ0) is 17.0. The first kappa shape index (κ1) is 16.7. The van der Waals surface area contributed by atoms with E-state index in [9.17, 15) is 10.1 Å². The summed E-state index contributed by atoms with van der Waals surface area (Å²) in [6.45, 7) is 8.30. The van der Waals surface area contributed by atoms with Gasteiger partial charge in [0.1, 0.15) is 6.07 Å². The fourth-order valence-electron chi connectivity index (χ4n) is 2.25. The molecule has 23 heavy (non-hydrogen) atoms. The number of aromatic nitrogens is 3. The van der Waals surface area contributed by atoms with E-state index in [0.29, 0.717) is 23.6 Å². The molecule has 1 aromatic heterocycles. The maximum absolute atomic E-state index is 12.0. The van der Waals surface area contributed by atoms with Crippen LogP contribution in [0.25, 0.3) is 5.69 Å². The number of hydrogen-bond acceptors (Lipinski definition) is 5. The molecular formula is C17H20N4O2. The number of benzene rings is 1. The Morgan fingerprint density at radius 2 is 2.13 bits per heavy atom. The smallest absolute Gasteiger partial charge is 0.338 e. The van der Waals surface area contributed by atoms with Crippen LogP contribution in [0.2, 0.25) is 0 Å². The van der Waals surface area contributed by atoms with Crippen LogP contribution in [0.5, 0.6) is 0 Å². The van der Waals surface area contributed by atoms with Crippen molar-refractivity contribution in [2.75, 3.05) is 6.61 Å².